The minimum Gasteiger partial charge on any atom is -0.507 e. The van der Waals surface area contributed by atoms with E-state index in [0.29, 0.717) is 23.3 Å². The van der Waals surface area contributed by atoms with E-state index < -0.39 is 11.4 Å². The highest BCUT2D eigenvalue weighted by molar-refractivity contribution is 5.80. The van der Waals surface area contributed by atoms with Gasteiger partial charge >= 0.3 is 0 Å². The number of fused-ring (bicyclic) bond motifs is 1. The second-order valence-electron chi connectivity index (χ2n) is 8.05. The molecule has 152 valence electrons. The Balaban J connectivity index is 1.92. The summed E-state index contributed by atoms with van der Waals surface area (Å²) in [7, 11) is 0. The van der Waals surface area contributed by atoms with Crippen LogP contribution < -0.4 is 5.56 Å². The highest BCUT2D eigenvalue weighted by atomic mass is 19.1. The molecule has 0 saturated heterocycles. The zero-order valence-corrected chi connectivity index (χ0v) is 17.0. The number of hydrogen-bond donors (Lipinski definition) is 1. The molecule has 0 atom stereocenters. The van der Waals surface area contributed by atoms with Crippen molar-refractivity contribution < 1.29 is 9.50 Å². The first-order valence-electron chi connectivity index (χ1n) is 9.92. The lowest BCUT2D eigenvalue weighted by Crippen LogP contribution is -2.38. The van der Waals surface area contributed by atoms with Gasteiger partial charge in [-0.3, -0.25) is 9.36 Å². The van der Waals surface area contributed by atoms with Gasteiger partial charge in [0.1, 0.15) is 17.4 Å². The Morgan fingerprint density at radius 1 is 1.00 bits per heavy atom. The van der Waals surface area contributed by atoms with Crippen LogP contribution in [0.3, 0.4) is 0 Å². The quantitative estimate of drug-likeness (QED) is 0.494. The molecule has 1 heterocycles. The number of phenols is 1. The van der Waals surface area contributed by atoms with Crippen molar-refractivity contribution in [2.24, 2.45) is 0 Å². The minimum atomic E-state index is -0.627. The Morgan fingerprint density at radius 2 is 1.70 bits per heavy atom. The Kier molecular flexibility index (Phi) is 5.12. The van der Waals surface area contributed by atoms with Gasteiger partial charge in [0.25, 0.3) is 5.56 Å². The third-order valence-electron chi connectivity index (χ3n) is 5.45. The van der Waals surface area contributed by atoms with E-state index in [9.17, 15) is 14.3 Å². The van der Waals surface area contributed by atoms with Gasteiger partial charge in [0.2, 0.25) is 0 Å². The van der Waals surface area contributed by atoms with Gasteiger partial charge in [0.05, 0.1) is 16.5 Å². The highest BCUT2D eigenvalue weighted by Crippen LogP contribution is 2.32. The van der Waals surface area contributed by atoms with Gasteiger partial charge in [-0.1, -0.05) is 42.5 Å². The van der Waals surface area contributed by atoms with E-state index in [0.717, 1.165) is 6.42 Å². The van der Waals surface area contributed by atoms with Crippen molar-refractivity contribution in [3.63, 3.8) is 0 Å². The summed E-state index contributed by atoms with van der Waals surface area (Å²) >= 11 is 0. The first kappa shape index (κ1) is 19.8. The predicted octanol–water partition coefficient (Wildman–Crippen LogP) is 5.28. The van der Waals surface area contributed by atoms with Gasteiger partial charge in [-0.2, -0.15) is 0 Å². The fraction of sp³-hybridized carbons (Fsp3) is 0.200. The maximum Gasteiger partial charge on any atom is 0.262 e. The van der Waals surface area contributed by atoms with Crippen LogP contribution in [0.5, 0.6) is 5.75 Å². The summed E-state index contributed by atoms with van der Waals surface area (Å²) in [5.41, 5.74) is 1.08. The fourth-order valence-corrected chi connectivity index (χ4v) is 3.77. The molecule has 0 spiro atoms. The predicted molar refractivity (Wildman–Crippen MR) is 117 cm³/mol. The third-order valence-corrected chi connectivity index (χ3v) is 5.45. The average Bonchev–Trinajstić information content (AvgIpc) is 2.73. The molecule has 4 nitrogen and oxygen atoms in total. The standard InChI is InChI=1S/C25H23FN2O2/c1-25(2,15-14-17-8-4-3-5-9-17)28-23(19-10-6-7-11-22(19)29)27-21-13-12-18(26)16-20(21)24(28)30/h3-13,16,29H,14-15H2,1-2H3. The Morgan fingerprint density at radius 3 is 2.43 bits per heavy atom. The minimum absolute atomic E-state index is 0.0403. The molecule has 0 aliphatic heterocycles. The van der Waals surface area contributed by atoms with Crippen LogP contribution in [-0.2, 0) is 12.0 Å². The molecule has 1 aromatic heterocycles. The number of aryl methyl sites for hydroxylation is 1. The van der Waals surface area contributed by atoms with Crippen molar-refractivity contribution in [2.45, 2.75) is 32.2 Å². The van der Waals surface area contributed by atoms with Crippen molar-refractivity contribution >= 4 is 10.9 Å². The second-order valence-corrected chi connectivity index (χ2v) is 8.05. The summed E-state index contributed by atoms with van der Waals surface area (Å²) in [4.78, 5) is 18.2. The molecular formula is C25H23FN2O2. The molecule has 0 aliphatic rings. The number of phenolic OH excluding ortho intramolecular Hbond substituents is 1. The lowest BCUT2D eigenvalue weighted by atomic mass is 9.93. The molecule has 0 aliphatic carbocycles. The number of halogens is 1. The van der Waals surface area contributed by atoms with Crippen LogP contribution in [0.25, 0.3) is 22.3 Å². The summed E-state index contributed by atoms with van der Waals surface area (Å²) in [6.07, 6.45) is 1.43. The van der Waals surface area contributed by atoms with E-state index in [1.54, 1.807) is 28.8 Å². The molecule has 5 heteroatoms. The van der Waals surface area contributed by atoms with Crippen LogP contribution in [-0.4, -0.2) is 14.7 Å². The van der Waals surface area contributed by atoms with Crippen molar-refractivity contribution in [1.82, 2.24) is 9.55 Å². The van der Waals surface area contributed by atoms with Gasteiger partial charge in [-0.15, -0.1) is 0 Å². The average molecular weight is 402 g/mol. The normalized spacial score (nSPS) is 11.7. The first-order chi connectivity index (χ1) is 14.4. The molecule has 4 rings (SSSR count). The smallest absolute Gasteiger partial charge is 0.262 e. The number of para-hydroxylation sites is 1. The molecule has 3 aromatic carbocycles. The largest absolute Gasteiger partial charge is 0.507 e. The van der Waals surface area contributed by atoms with Gasteiger partial charge in [-0.25, -0.2) is 9.37 Å². The molecule has 0 radical (unpaired) electrons. The molecule has 4 aromatic rings. The maximum atomic E-state index is 13.9. The topological polar surface area (TPSA) is 55.1 Å². The van der Waals surface area contributed by atoms with Gasteiger partial charge in [0.15, 0.2) is 0 Å². The third kappa shape index (κ3) is 3.71. The molecule has 1 N–H and O–H groups in total. The van der Waals surface area contributed by atoms with Crippen molar-refractivity contribution in [3.8, 4) is 17.1 Å². The zero-order chi connectivity index (χ0) is 21.3. The summed E-state index contributed by atoms with van der Waals surface area (Å²) < 4.78 is 15.5. The molecule has 0 unspecified atom stereocenters. The molecule has 0 bridgehead atoms. The van der Waals surface area contributed by atoms with Crippen molar-refractivity contribution in [3.05, 3.63) is 94.5 Å². The molecule has 0 fully saturated rings. The Hall–Kier alpha value is -3.47. The van der Waals surface area contributed by atoms with Crippen LogP contribution in [0.15, 0.2) is 77.6 Å². The number of benzene rings is 3. The first-order valence-corrected chi connectivity index (χ1v) is 9.92. The summed E-state index contributed by atoms with van der Waals surface area (Å²) in [6.45, 7) is 3.93. The summed E-state index contributed by atoms with van der Waals surface area (Å²) in [6, 6.07) is 20.9. The monoisotopic (exact) mass is 402 g/mol. The van der Waals surface area contributed by atoms with E-state index in [1.807, 2.05) is 32.0 Å². The Labute approximate surface area is 174 Å². The van der Waals surface area contributed by atoms with Gasteiger partial charge in [0, 0.05) is 5.54 Å². The van der Waals surface area contributed by atoms with Crippen molar-refractivity contribution in [2.75, 3.05) is 0 Å². The molecule has 30 heavy (non-hydrogen) atoms. The molecule has 0 amide bonds. The van der Waals surface area contributed by atoms with Crippen LogP contribution in [0.2, 0.25) is 0 Å². The SMILES string of the molecule is CC(C)(CCc1ccccc1)n1c(-c2ccccc2O)nc2ccc(F)cc2c1=O. The van der Waals surface area contributed by atoms with Gasteiger partial charge < -0.3 is 5.11 Å². The number of hydrogen-bond acceptors (Lipinski definition) is 3. The maximum absolute atomic E-state index is 13.9. The molecule has 0 saturated carbocycles. The highest BCUT2D eigenvalue weighted by Gasteiger charge is 2.28. The van der Waals surface area contributed by atoms with Crippen LogP contribution >= 0.6 is 0 Å². The number of rotatable bonds is 5. The van der Waals surface area contributed by atoms with Gasteiger partial charge in [-0.05, 0) is 62.6 Å². The van der Waals surface area contributed by atoms with Crippen LogP contribution in [0, 0.1) is 5.82 Å². The van der Waals surface area contributed by atoms with E-state index in [2.05, 4.69) is 17.1 Å². The second kappa shape index (κ2) is 7.75. The van der Waals surface area contributed by atoms with E-state index in [4.69, 9.17) is 0 Å². The van der Waals surface area contributed by atoms with Crippen LogP contribution in [0.1, 0.15) is 25.8 Å². The van der Waals surface area contributed by atoms with E-state index >= 15 is 0 Å². The Bertz CT molecular complexity index is 1260. The molecular weight excluding hydrogens is 379 g/mol. The van der Waals surface area contributed by atoms with E-state index in [1.165, 1.54) is 23.8 Å². The van der Waals surface area contributed by atoms with E-state index in [-0.39, 0.29) is 16.7 Å². The fourth-order valence-electron chi connectivity index (χ4n) is 3.77. The zero-order valence-electron chi connectivity index (χ0n) is 17.0. The lowest BCUT2D eigenvalue weighted by Gasteiger charge is -2.30. The van der Waals surface area contributed by atoms with Crippen LogP contribution in [0.4, 0.5) is 4.39 Å². The summed E-state index contributed by atoms with van der Waals surface area (Å²) in [5.74, 6) is -0.0703. The number of nitrogens with zero attached hydrogens (tertiary/aromatic N) is 2. The number of aromatic nitrogens is 2. The summed E-state index contributed by atoms with van der Waals surface area (Å²) in [5, 5.41) is 10.7. The number of aromatic hydroxyl groups is 1. The van der Waals surface area contributed by atoms with Crippen molar-refractivity contribution in [1.29, 1.82) is 0 Å². The lowest BCUT2D eigenvalue weighted by molar-refractivity contribution is 0.320.